The summed E-state index contributed by atoms with van der Waals surface area (Å²) in [7, 11) is 0. The molecular formula is C16H24N2OS. The number of rotatable bonds is 7. The van der Waals surface area contributed by atoms with E-state index in [1.807, 2.05) is 6.07 Å². The van der Waals surface area contributed by atoms with E-state index in [1.54, 1.807) is 11.3 Å². The van der Waals surface area contributed by atoms with Gasteiger partial charge in [-0.15, -0.1) is 11.3 Å². The summed E-state index contributed by atoms with van der Waals surface area (Å²) in [5.41, 5.74) is 1.23. The Morgan fingerprint density at radius 2 is 2.10 bits per heavy atom. The number of nitrogens with one attached hydrogen (secondary N) is 1. The number of aliphatic hydroxyl groups excluding tert-OH is 1. The lowest BCUT2D eigenvalue weighted by atomic mass is 9.89. The summed E-state index contributed by atoms with van der Waals surface area (Å²) < 4.78 is 1.26. The normalized spacial score (nSPS) is 13.8. The van der Waals surface area contributed by atoms with Crippen LogP contribution in [0.2, 0.25) is 0 Å². The number of thiazole rings is 1. The molecule has 4 heteroatoms. The van der Waals surface area contributed by atoms with Gasteiger partial charge in [0.25, 0.3) is 0 Å². The lowest BCUT2D eigenvalue weighted by Gasteiger charge is -2.26. The van der Waals surface area contributed by atoms with Crippen molar-refractivity contribution in [3.63, 3.8) is 0 Å². The third-order valence-electron chi connectivity index (χ3n) is 3.54. The van der Waals surface area contributed by atoms with Crippen LogP contribution in [0.5, 0.6) is 0 Å². The molecule has 0 amide bonds. The van der Waals surface area contributed by atoms with Crippen molar-refractivity contribution in [2.24, 2.45) is 5.41 Å². The van der Waals surface area contributed by atoms with Gasteiger partial charge in [0.1, 0.15) is 0 Å². The van der Waals surface area contributed by atoms with Crippen LogP contribution < -0.4 is 5.32 Å². The number of aliphatic hydroxyl groups is 1. The predicted molar refractivity (Wildman–Crippen MR) is 86.3 cm³/mol. The van der Waals surface area contributed by atoms with Crippen LogP contribution in [-0.4, -0.2) is 29.3 Å². The van der Waals surface area contributed by atoms with E-state index in [2.05, 4.69) is 49.3 Å². The van der Waals surface area contributed by atoms with Gasteiger partial charge >= 0.3 is 0 Å². The second kappa shape index (κ2) is 6.66. The molecule has 0 saturated carbocycles. The maximum absolute atomic E-state index is 9.05. The first kappa shape index (κ1) is 15.4. The van der Waals surface area contributed by atoms with Gasteiger partial charge in [-0.3, -0.25) is 0 Å². The van der Waals surface area contributed by atoms with Crippen LogP contribution in [0.3, 0.4) is 0 Å². The van der Waals surface area contributed by atoms with E-state index < -0.39 is 0 Å². The van der Waals surface area contributed by atoms with Crippen LogP contribution in [0.15, 0.2) is 24.3 Å². The van der Waals surface area contributed by atoms with E-state index >= 15 is 0 Å². The molecule has 1 unspecified atom stereocenters. The lowest BCUT2D eigenvalue weighted by Crippen LogP contribution is -2.37. The number of benzene rings is 1. The Bertz CT molecular complexity index is 517. The first-order valence-corrected chi connectivity index (χ1v) is 8.00. The fourth-order valence-corrected chi connectivity index (χ4v) is 3.28. The molecule has 20 heavy (non-hydrogen) atoms. The molecule has 2 N–H and O–H groups in total. The van der Waals surface area contributed by atoms with E-state index in [0.717, 1.165) is 24.9 Å². The maximum atomic E-state index is 9.05. The van der Waals surface area contributed by atoms with Gasteiger partial charge < -0.3 is 10.4 Å². The Balaban J connectivity index is 1.89. The molecule has 0 aliphatic rings. The quantitative estimate of drug-likeness (QED) is 0.823. The van der Waals surface area contributed by atoms with Crippen molar-refractivity contribution in [2.45, 2.75) is 39.7 Å². The minimum absolute atomic E-state index is 0.136. The number of hydrogen-bond donors (Lipinski definition) is 2. The molecule has 0 radical (unpaired) electrons. The summed E-state index contributed by atoms with van der Waals surface area (Å²) in [4.78, 5) is 4.67. The molecule has 0 saturated heterocycles. The van der Waals surface area contributed by atoms with E-state index in [9.17, 15) is 0 Å². The van der Waals surface area contributed by atoms with Gasteiger partial charge in [-0.2, -0.15) is 0 Å². The third-order valence-corrected chi connectivity index (χ3v) is 4.60. The molecule has 0 aliphatic carbocycles. The van der Waals surface area contributed by atoms with Gasteiger partial charge in [0.2, 0.25) is 0 Å². The Labute approximate surface area is 125 Å². The fourth-order valence-electron chi connectivity index (χ4n) is 2.18. The van der Waals surface area contributed by atoms with Crippen molar-refractivity contribution in [1.82, 2.24) is 10.3 Å². The lowest BCUT2D eigenvalue weighted by molar-refractivity contribution is 0.203. The summed E-state index contributed by atoms with van der Waals surface area (Å²) in [6, 6.07) is 8.68. The van der Waals surface area contributed by atoms with Gasteiger partial charge in [0, 0.05) is 25.6 Å². The second-order valence-corrected chi connectivity index (χ2v) is 7.31. The molecule has 1 aromatic heterocycles. The zero-order chi connectivity index (χ0) is 14.6. The molecule has 0 bridgehead atoms. The molecule has 2 aromatic rings. The molecule has 0 fully saturated rings. The number of hydrogen-bond acceptors (Lipinski definition) is 4. The van der Waals surface area contributed by atoms with Crippen molar-refractivity contribution in [3.8, 4) is 0 Å². The van der Waals surface area contributed by atoms with Gasteiger partial charge in [-0.25, -0.2) is 4.98 Å². The Hall–Kier alpha value is -0.970. The summed E-state index contributed by atoms with van der Waals surface area (Å²) in [5, 5.41) is 13.8. The molecule has 0 aliphatic heterocycles. The second-order valence-electron chi connectivity index (χ2n) is 6.20. The van der Waals surface area contributed by atoms with Crippen LogP contribution in [0, 0.1) is 5.41 Å². The van der Waals surface area contributed by atoms with Crippen LogP contribution >= 0.6 is 11.3 Å². The van der Waals surface area contributed by atoms with Crippen LogP contribution in [0.4, 0.5) is 0 Å². The zero-order valence-electron chi connectivity index (χ0n) is 12.5. The average molecular weight is 292 g/mol. The number of aromatic nitrogens is 1. The number of nitrogens with zero attached hydrogens (tertiary/aromatic N) is 1. The summed E-state index contributed by atoms with van der Waals surface area (Å²) in [6.07, 6.45) is 1.78. The third kappa shape index (κ3) is 4.27. The van der Waals surface area contributed by atoms with Crippen molar-refractivity contribution in [1.29, 1.82) is 0 Å². The first-order chi connectivity index (χ1) is 9.50. The van der Waals surface area contributed by atoms with Gasteiger partial charge in [-0.05, 0) is 30.9 Å². The van der Waals surface area contributed by atoms with E-state index in [-0.39, 0.29) is 12.0 Å². The van der Waals surface area contributed by atoms with Crippen LogP contribution in [-0.2, 0) is 6.42 Å². The van der Waals surface area contributed by atoms with Gasteiger partial charge in [0.05, 0.1) is 15.2 Å². The Morgan fingerprint density at radius 3 is 2.80 bits per heavy atom. The van der Waals surface area contributed by atoms with Crippen molar-refractivity contribution in [2.75, 3.05) is 13.2 Å². The Morgan fingerprint density at radius 1 is 1.35 bits per heavy atom. The predicted octanol–water partition coefficient (Wildman–Crippen LogP) is 3.23. The minimum atomic E-state index is 0.136. The molecular weight excluding hydrogens is 268 g/mol. The molecule has 0 spiro atoms. The number of fused-ring (bicyclic) bond motifs is 1. The largest absolute Gasteiger partial charge is 0.396 e. The van der Waals surface area contributed by atoms with Crippen molar-refractivity contribution >= 4 is 21.6 Å². The summed E-state index contributed by atoms with van der Waals surface area (Å²) in [6.45, 7) is 7.73. The number of para-hydroxylation sites is 1. The molecule has 1 heterocycles. The highest BCUT2D eigenvalue weighted by Gasteiger charge is 2.18. The minimum Gasteiger partial charge on any atom is -0.396 e. The average Bonchev–Trinajstić information content (AvgIpc) is 2.78. The summed E-state index contributed by atoms with van der Waals surface area (Å²) in [5.74, 6) is 0. The SMILES string of the molecule is CC(Cc1nc2ccccc2s1)NCC(C)(C)CCO. The fraction of sp³-hybridized carbons (Fsp3) is 0.562. The standard InChI is InChI=1S/C16H24N2OS/c1-12(17-11-16(2,3)8-9-19)10-15-18-13-6-4-5-7-14(13)20-15/h4-7,12,17,19H,8-11H2,1-3H3. The smallest absolute Gasteiger partial charge is 0.0954 e. The maximum Gasteiger partial charge on any atom is 0.0954 e. The van der Waals surface area contributed by atoms with Gasteiger partial charge in [0.15, 0.2) is 0 Å². The van der Waals surface area contributed by atoms with Crippen molar-refractivity contribution in [3.05, 3.63) is 29.3 Å². The summed E-state index contributed by atoms with van der Waals surface area (Å²) >= 11 is 1.78. The van der Waals surface area contributed by atoms with Gasteiger partial charge in [-0.1, -0.05) is 26.0 Å². The highest BCUT2D eigenvalue weighted by atomic mass is 32.1. The molecule has 2 rings (SSSR count). The molecule has 1 atom stereocenters. The zero-order valence-corrected chi connectivity index (χ0v) is 13.3. The highest BCUT2D eigenvalue weighted by molar-refractivity contribution is 7.18. The monoisotopic (exact) mass is 292 g/mol. The van der Waals surface area contributed by atoms with Crippen molar-refractivity contribution < 1.29 is 5.11 Å². The molecule has 110 valence electrons. The van der Waals surface area contributed by atoms with E-state index in [1.165, 1.54) is 9.71 Å². The van der Waals surface area contributed by atoms with E-state index in [0.29, 0.717) is 6.04 Å². The molecule has 3 nitrogen and oxygen atoms in total. The molecule has 1 aromatic carbocycles. The Kier molecular flexibility index (Phi) is 5.13. The van der Waals surface area contributed by atoms with E-state index in [4.69, 9.17) is 5.11 Å². The van der Waals surface area contributed by atoms with Crippen LogP contribution in [0.1, 0.15) is 32.2 Å². The topological polar surface area (TPSA) is 45.2 Å². The van der Waals surface area contributed by atoms with Crippen LogP contribution in [0.25, 0.3) is 10.2 Å². The first-order valence-electron chi connectivity index (χ1n) is 7.19. The highest BCUT2D eigenvalue weighted by Crippen LogP contribution is 2.23.